The van der Waals surface area contributed by atoms with Crippen molar-refractivity contribution in [1.82, 2.24) is 15.2 Å². The Hall–Kier alpha value is -2.11. The Bertz CT molecular complexity index is 599. The molecule has 6 nitrogen and oxygen atoms in total. The first-order valence-corrected chi connectivity index (χ1v) is 9.19. The second-order valence-corrected chi connectivity index (χ2v) is 7.12. The molecule has 25 heavy (non-hydrogen) atoms. The van der Waals surface area contributed by atoms with Crippen LogP contribution in [0, 0.1) is 5.41 Å². The number of ether oxygens (including phenoxy) is 1. The maximum absolute atomic E-state index is 12.8. The number of pyridine rings is 1. The van der Waals surface area contributed by atoms with Gasteiger partial charge >= 0.3 is 12.0 Å². The molecule has 3 rings (SSSR count). The van der Waals surface area contributed by atoms with Gasteiger partial charge in [0.05, 0.1) is 18.6 Å². The van der Waals surface area contributed by atoms with E-state index in [2.05, 4.69) is 10.3 Å². The molecule has 0 bridgehead atoms. The molecule has 0 aromatic carbocycles. The van der Waals surface area contributed by atoms with Gasteiger partial charge in [-0.15, -0.1) is 0 Å². The minimum atomic E-state index is -0.561. The van der Waals surface area contributed by atoms with Crippen molar-refractivity contribution in [3.8, 4) is 0 Å². The van der Waals surface area contributed by atoms with Gasteiger partial charge in [-0.1, -0.05) is 19.3 Å². The standard InChI is InChI=1S/C19H27N3O3/c1-25-17(23)19(9-3-2-4-10-19)14-21-18(24)22-13-5-6-16(22)15-7-11-20-12-8-15/h7-8,11-12,16H,2-6,9-10,13-14H2,1H3,(H,21,24). The molecule has 2 amide bonds. The highest BCUT2D eigenvalue weighted by molar-refractivity contribution is 5.80. The first kappa shape index (κ1) is 17.7. The number of rotatable bonds is 4. The smallest absolute Gasteiger partial charge is 0.317 e. The molecule has 1 saturated carbocycles. The van der Waals surface area contributed by atoms with Crippen LogP contribution in [-0.4, -0.2) is 42.1 Å². The average molecular weight is 345 g/mol. The highest BCUT2D eigenvalue weighted by Gasteiger charge is 2.41. The summed E-state index contributed by atoms with van der Waals surface area (Å²) in [7, 11) is 1.43. The fourth-order valence-corrected chi connectivity index (χ4v) is 4.19. The van der Waals surface area contributed by atoms with Crippen LogP contribution in [0.5, 0.6) is 0 Å². The molecule has 0 radical (unpaired) electrons. The largest absolute Gasteiger partial charge is 0.469 e. The molecule has 1 aliphatic heterocycles. The minimum Gasteiger partial charge on any atom is -0.469 e. The Balaban J connectivity index is 1.65. The van der Waals surface area contributed by atoms with Gasteiger partial charge in [-0.05, 0) is 43.4 Å². The van der Waals surface area contributed by atoms with Crippen LogP contribution in [0.3, 0.4) is 0 Å². The van der Waals surface area contributed by atoms with E-state index in [1.54, 1.807) is 12.4 Å². The number of urea groups is 1. The van der Waals surface area contributed by atoms with Crippen LogP contribution in [0.2, 0.25) is 0 Å². The molecule has 1 unspecified atom stereocenters. The van der Waals surface area contributed by atoms with Gasteiger partial charge in [-0.3, -0.25) is 9.78 Å². The summed E-state index contributed by atoms with van der Waals surface area (Å²) in [6.45, 7) is 1.10. The van der Waals surface area contributed by atoms with Crippen molar-refractivity contribution in [2.75, 3.05) is 20.2 Å². The van der Waals surface area contributed by atoms with Crippen molar-refractivity contribution in [1.29, 1.82) is 0 Å². The summed E-state index contributed by atoms with van der Waals surface area (Å²) < 4.78 is 5.03. The molecule has 0 spiro atoms. The van der Waals surface area contributed by atoms with Crippen molar-refractivity contribution in [2.24, 2.45) is 5.41 Å². The summed E-state index contributed by atoms with van der Waals surface area (Å²) in [4.78, 5) is 31.0. The summed E-state index contributed by atoms with van der Waals surface area (Å²) in [6, 6.07) is 3.93. The number of hydrogen-bond donors (Lipinski definition) is 1. The summed E-state index contributed by atoms with van der Waals surface area (Å²) in [5.74, 6) is -0.195. The second-order valence-electron chi connectivity index (χ2n) is 7.12. The monoisotopic (exact) mass is 345 g/mol. The van der Waals surface area contributed by atoms with Crippen molar-refractivity contribution >= 4 is 12.0 Å². The molecule has 6 heteroatoms. The summed E-state index contributed by atoms with van der Waals surface area (Å²) in [5, 5.41) is 3.02. The molecule has 1 N–H and O–H groups in total. The van der Waals surface area contributed by atoms with Gasteiger partial charge in [0.2, 0.25) is 0 Å². The van der Waals surface area contributed by atoms with Crippen LogP contribution in [0.1, 0.15) is 56.6 Å². The lowest BCUT2D eigenvalue weighted by molar-refractivity contribution is -0.154. The zero-order chi connectivity index (χ0) is 17.7. The van der Waals surface area contributed by atoms with Gasteiger partial charge in [0.1, 0.15) is 0 Å². The molecule has 2 fully saturated rings. The second kappa shape index (κ2) is 7.85. The fourth-order valence-electron chi connectivity index (χ4n) is 4.19. The number of carbonyl (C=O) groups excluding carboxylic acids is 2. The first-order valence-electron chi connectivity index (χ1n) is 9.19. The number of carbonyl (C=O) groups is 2. The first-order chi connectivity index (χ1) is 12.2. The van der Waals surface area contributed by atoms with Crippen molar-refractivity contribution < 1.29 is 14.3 Å². The molecule has 1 saturated heterocycles. The summed E-state index contributed by atoms with van der Waals surface area (Å²) >= 11 is 0. The quantitative estimate of drug-likeness (QED) is 0.852. The lowest BCUT2D eigenvalue weighted by Crippen LogP contribution is -2.48. The number of amides is 2. The van der Waals surface area contributed by atoms with Gasteiger partial charge in [0, 0.05) is 25.5 Å². The van der Waals surface area contributed by atoms with Crippen LogP contribution in [0.25, 0.3) is 0 Å². The summed E-state index contributed by atoms with van der Waals surface area (Å²) in [5.41, 5.74) is 0.553. The number of nitrogens with zero attached hydrogens (tertiary/aromatic N) is 2. The van der Waals surface area contributed by atoms with Gasteiger partial charge < -0.3 is 15.0 Å². The Morgan fingerprint density at radius 2 is 1.96 bits per heavy atom. The average Bonchev–Trinajstić information content (AvgIpc) is 3.17. The number of likely N-dealkylation sites (tertiary alicyclic amines) is 1. The van der Waals surface area contributed by atoms with E-state index in [4.69, 9.17) is 4.74 Å². The maximum atomic E-state index is 12.8. The van der Waals surface area contributed by atoms with Gasteiger partial charge in [0.15, 0.2) is 0 Å². The Morgan fingerprint density at radius 3 is 2.64 bits per heavy atom. The van der Waals surface area contributed by atoms with Crippen LogP contribution in [0.4, 0.5) is 4.79 Å². The van der Waals surface area contributed by atoms with E-state index in [0.717, 1.165) is 57.1 Å². The molecule has 1 atom stereocenters. The predicted molar refractivity (Wildman–Crippen MR) is 93.9 cm³/mol. The molecule has 2 heterocycles. The predicted octanol–water partition coefficient (Wildman–Crippen LogP) is 3.05. The fraction of sp³-hybridized carbons (Fsp3) is 0.632. The van der Waals surface area contributed by atoms with Crippen molar-refractivity contribution in [2.45, 2.75) is 51.0 Å². The third kappa shape index (κ3) is 3.78. The minimum absolute atomic E-state index is 0.0865. The molecule has 1 aromatic heterocycles. The van der Waals surface area contributed by atoms with Crippen molar-refractivity contribution in [3.63, 3.8) is 0 Å². The van der Waals surface area contributed by atoms with Crippen LogP contribution in [0.15, 0.2) is 24.5 Å². The van der Waals surface area contributed by atoms with Crippen LogP contribution in [-0.2, 0) is 9.53 Å². The van der Waals surface area contributed by atoms with Gasteiger partial charge in [0.25, 0.3) is 0 Å². The zero-order valence-corrected chi connectivity index (χ0v) is 14.9. The summed E-state index contributed by atoms with van der Waals surface area (Å²) in [6.07, 6.45) is 10.2. The van der Waals surface area contributed by atoms with E-state index in [-0.39, 0.29) is 18.0 Å². The van der Waals surface area contributed by atoms with Gasteiger partial charge in [-0.25, -0.2) is 4.79 Å². The van der Waals surface area contributed by atoms with E-state index < -0.39 is 5.41 Å². The third-order valence-corrected chi connectivity index (χ3v) is 5.61. The molecule has 136 valence electrons. The Morgan fingerprint density at radius 1 is 1.24 bits per heavy atom. The highest BCUT2D eigenvalue weighted by Crippen LogP contribution is 2.37. The van der Waals surface area contributed by atoms with E-state index in [9.17, 15) is 9.59 Å². The third-order valence-electron chi connectivity index (χ3n) is 5.61. The number of nitrogens with one attached hydrogen (secondary N) is 1. The molecular formula is C19H27N3O3. The number of aromatic nitrogens is 1. The zero-order valence-electron chi connectivity index (χ0n) is 14.9. The maximum Gasteiger partial charge on any atom is 0.317 e. The molecule has 2 aliphatic rings. The Labute approximate surface area is 148 Å². The normalized spacial score (nSPS) is 22.4. The molecular weight excluding hydrogens is 318 g/mol. The SMILES string of the molecule is COC(=O)C1(CNC(=O)N2CCCC2c2ccncc2)CCCCC1. The van der Waals surface area contributed by atoms with E-state index in [0.29, 0.717) is 6.54 Å². The van der Waals surface area contributed by atoms with Crippen molar-refractivity contribution in [3.05, 3.63) is 30.1 Å². The topological polar surface area (TPSA) is 71.5 Å². The van der Waals surface area contributed by atoms with E-state index >= 15 is 0 Å². The lowest BCUT2D eigenvalue weighted by Gasteiger charge is -2.35. The molecule has 1 aromatic rings. The Kier molecular flexibility index (Phi) is 5.56. The number of methoxy groups -OCH3 is 1. The number of hydrogen-bond acceptors (Lipinski definition) is 4. The van der Waals surface area contributed by atoms with Crippen LogP contribution < -0.4 is 5.32 Å². The van der Waals surface area contributed by atoms with E-state index in [1.807, 2.05) is 17.0 Å². The van der Waals surface area contributed by atoms with E-state index in [1.165, 1.54) is 7.11 Å². The van der Waals surface area contributed by atoms with Gasteiger partial charge in [-0.2, -0.15) is 0 Å². The highest BCUT2D eigenvalue weighted by atomic mass is 16.5. The van der Waals surface area contributed by atoms with Crippen LogP contribution >= 0.6 is 0 Å². The molecule has 1 aliphatic carbocycles. The lowest BCUT2D eigenvalue weighted by atomic mass is 9.74. The number of esters is 1.